The van der Waals surface area contributed by atoms with Gasteiger partial charge in [-0.1, -0.05) is 43.3 Å². The van der Waals surface area contributed by atoms with Crippen LogP contribution < -0.4 is 4.72 Å². The zero-order chi connectivity index (χ0) is 19.9. The lowest BCUT2D eigenvalue weighted by molar-refractivity contribution is 0.607. The van der Waals surface area contributed by atoms with Crippen LogP contribution in [0.25, 0.3) is 27.7 Å². The van der Waals surface area contributed by atoms with Gasteiger partial charge in [-0.2, -0.15) is 9.61 Å². The fraction of sp³-hybridized carbons (Fsp3) is 0.250. The molecule has 2 aromatic carbocycles. The molecule has 0 radical (unpaired) electrons. The third kappa shape index (κ3) is 3.31. The first-order valence-corrected chi connectivity index (χ1v) is 11.0. The molecule has 1 N–H and O–H groups in total. The number of anilines is 1. The lowest BCUT2D eigenvalue weighted by Gasteiger charge is -2.12. The first kappa shape index (κ1) is 18.4. The zero-order valence-electron chi connectivity index (χ0n) is 16.0. The van der Waals surface area contributed by atoms with E-state index in [9.17, 15) is 8.42 Å². The summed E-state index contributed by atoms with van der Waals surface area (Å²) in [7, 11) is -3.38. The standard InChI is InChI=1S/C20H21N5O2S/c1-4-7-18-21-22-20-16-9-6-5-8-15(16)19(23-25(18)20)14-11-10-13(2)17(12-14)24-28(3,26)27/h5-6,8-12,24H,4,7H2,1-3H3. The van der Waals surface area contributed by atoms with E-state index in [0.717, 1.165) is 58.2 Å². The lowest BCUT2D eigenvalue weighted by atomic mass is 10.0. The second kappa shape index (κ2) is 6.87. The zero-order valence-corrected chi connectivity index (χ0v) is 16.8. The van der Waals surface area contributed by atoms with Crippen LogP contribution in [0, 0.1) is 6.92 Å². The first-order valence-electron chi connectivity index (χ1n) is 9.09. The van der Waals surface area contributed by atoms with Crippen LogP contribution in [0.3, 0.4) is 0 Å². The smallest absolute Gasteiger partial charge is 0.229 e. The van der Waals surface area contributed by atoms with E-state index in [-0.39, 0.29) is 0 Å². The summed E-state index contributed by atoms with van der Waals surface area (Å²) in [5.41, 5.74) is 3.70. The summed E-state index contributed by atoms with van der Waals surface area (Å²) < 4.78 is 27.8. The van der Waals surface area contributed by atoms with Crippen LogP contribution in [-0.4, -0.2) is 34.5 Å². The minimum Gasteiger partial charge on any atom is -0.283 e. The molecular formula is C20H21N5O2S. The van der Waals surface area contributed by atoms with E-state index in [0.29, 0.717) is 5.69 Å². The average Bonchev–Trinajstić information content (AvgIpc) is 3.05. The Bertz CT molecular complexity index is 1290. The molecule has 28 heavy (non-hydrogen) atoms. The molecule has 0 aliphatic rings. The number of fused-ring (bicyclic) bond motifs is 3. The molecule has 0 saturated carbocycles. The van der Waals surface area contributed by atoms with Crippen LogP contribution in [0.1, 0.15) is 24.7 Å². The molecule has 2 heterocycles. The molecule has 0 atom stereocenters. The molecule has 0 amide bonds. The number of rotatable bonds is 5. The van der Waals surface area contributed by atoms with Gasteiger partial charge in [-0.15, -0.1) is 10.2 Å². The van der Waals surface area contributed by atoms with E-state index in [2.05, 4.69) is 21.8 Å². The second-order valence-electron chi connectivity index (χ2n) is 6.90. The topological polar surface area (TPSA) is 89.2 Å². The minimum absolute atomic E-state index is 0.545. The van der Waals surface area contributed by atoms with E-state index in [1.165, 1.54) is 0 Å². The minimum atomic E-state index is -3.38. The molecule has 0 aliphatic heterocycles. The van der Waals surface area contributed by atoms with E-state index in [1.54, 1.807) is 4.52 Å². The highest BCUT2D eigenvalue weighted by Crippen LogP contribution is 2.31. The monoisotopic (exact) mass is 395 g/mol. The summed E-state index contributed by atoms with van der Waals surface area (Å²) in [6.07, 6.45) is 2.87. The molecule has 7 nitrogen and oxygen atoms in total. The van der Waals surface area contributed by atoms with E-state index >= 15 is 0 Å². The molecule has 0 spiro atoms. The summed E-state index contributed by atoms with van der Waals surface area (Å²) >= 11 is 0. The Morgan fingerprint density at radius 2 is 1.82 bits per heavy atom. The van der Waals surface area contributed by atoms with Gasteiger partial charge in [0.2, 0.25) is 10.0 Å². The van der Waals surface area contributed by atoms with Crippen molar-refractivity contribution in [2.24, 2.45) is 0 Å². The third-order valence-electron chi connectivity index (χ3n) is 4.61. The molecule has 0 saturated heterocycles. The lowest BCUT2D eigenvalue weighted by Crippen LogP contribution is -2.10. The molecule has 0 bridgehead atoms. The van der Waals surface area contributed by atoms with Gasteiger partial charge < -0.3 is 0 Å². The summed E-state index contributed by atoms with van der Waals surface area (Å²) in [6.45, 7) is 3.96. The van der Waals surface area contributed by atoms with Crippen molar-refractivity contribution in [3.05, 3.63) is 53.9 Å². The van der Waals surface area contributed by atoms with Crippen molar-refractivity contribution in [3.63, 3.8) is 0 Å². The normalized spacial score (nSPS) is 12.0. The Hall–Kier alpha value is -3.00. The maximum absolute atomic E-state index is 11.7. The number of hydrogen-bond donors (Lipinski definition) is 1. The molecule has 8 heteroatoms. The van der Waals surface area contributed by atoms with E-state index < -0.39 is 10.0 Å². The molecule has 4 rings (SSSR count). The number of hydrogen-bond acceptors (Lipinski definition) is 5. The number of aromatic nitrogens is 4. The highest BCUT2D eigenvalue weighted by atomic mass is 32.2. The van der Waals surface area contributed by atoms with Gasteiger partial charge in [0.1, 0.15) is 0 Å². The van der Waals surface area contributed by atoms with Crippen LogP contribution in [0.15, 0.2) is 42.5 Å². The van der Waals surface area contributed by atoms with E-state index in [1.807, 2.05) is 49.4 Å². The number of sulfonamides is 1. The van der Waals surface area contributed by atoms with Crippen molar-refractivity contribution in [2.75, 3.05) is 11.0 Å². The van der Waals surface area contributed by atoms with Gasteiger partial charge in [0.15, 0.2) is 11.5 Å². The van der Waals surface area contributed by atoms with Crippen molar-refractivity contribution in [1.29, 1.82) is 0 Å². The number of benzene rings is 2. The third-order valence-corrected chi connectivity index (χ3v) is 5.20. The predicted molar refractivity (Wildman–Crippen MR) is 111 cm³/mol. The van der Waals surface area contributed by atoms with Gasteiger partial charge in [0.25, 0.3) is 0 Å². The van der Waals surface area contributed by atoms with Gasteiger partial charge >= 0.3 is 0 Å². The molecule has 0 unspecified atom stereocenters. The van der Waals surface area contributed by atoms with Crippen LogP contribution in [0.5, 0.6) is 0 Å². The number of aryl methyl sites for hydroxylation is 2. The fourth-order valence-corrected chi connectivity index (χ4v) is 3.91. The molecule has 4 aromatic rings. The van der Waals surface area contributed by atoms with Crippen LogP contribution in [0.2, 0.25) is 0 Å². The van der Waals surface area contributed by atoms with Crippen molar-refractivity contribution in [2.45, 2.75) is 26.7 Å². The molecule has 0 aliphatic carbocycles. The Morgan fingerprint density at radius 3 is 2.54 bits per heavy atom. The second-order valence-corrected chi connectivity index (χ2v) is 8.65. The van der Waals surface area contributed by atoms with Crippen molar-refractivity contribution in [3.8, 4) is 11.3 Å². The highest BCUT2D eigenvalue weighted by Gasteiger charge is 2.16. The van der Waals surface area contributed by atoms with Gasteiger partial charge in [0, 0.05) is 22.8 Å². The Labute approximate surface area is 163 Å². The van der Waals surface area contributed by atoms with Crippen molar-refractivity contribution >= 4 is 32.1 Å². The predicted octanol–water partition coefficient (Wildman–Crippen LogP) is 3.58. The quantitative estimate of drug-likeness (QED) is 0.558. The summed E-state index contributed by atoms with van der Waals surface area (Å²) in [4.78, 5) is 0. The Kier molecular flexibility index (Phi) is 4.50. The van der Waals surface area contributed by atoms with Crippen LogP contribution in [0.4, 0.5) is 5.69 Å². The summed E-state index contributed by atoms with van der Waals surface area (Å²) in [5.74, 6) is 0.811. The Balaban J connectivity index is 1.99. The number of nitrogens with one attached hydrogen (secondary N) is 1. The number of nitrogens with zero attached hydrogens (tertiary/aromatic N) is 4. The van der Waals surface area contributed by atoms with Gasteiger partial charge in [-0.25, -0.2) is 8.42 Å². The van der Waals surface area contributed by atoms with Gasteiger partial charge in [0.05, 0.1) is 17.6 Å². The maximum atomic E-state index is 11.7. The van der Waals surface area contributed by atoms with Crippen molar-refractivity contribution in [1.82, 2.24) is 19.8 Å². The van der Waals surface area contributed by atoms with Crippen LogP contribution in [-0.2, 0) is 16.4 Å². The largest absolute Gasteiger partial charge is 0.283 e. The molecule has 2 aromatic heterocycles. The molecular weight excluding hydrogens is 374 g/mol. The average molecular weight is 395 g/mol. The first-order chi connectivity index (χ1) is 13.4. The van der Waals surface area contributed by atoms with E-state index in [4.69, 9.17) is 5.10 Å². The summed E-state index contributed by atoms with van der Waals surface area (Å²) in [6, 6.07) is 13.6. The Morgan fingerprint density at radius 1 is 1.07 bits per heavy atom. The van der Waals surface area contributed by atoms with Gasteiger partial charge in [-0.05, 0) is 25.0 Å². The van der Waals surface area contributed by atoms with Crippen molar-refractivity contribution < 1.29 is 8.42 Å². The molecule has 0 fully saturated rings. The molecule has 144 valence electrons. The highest BCUT2D eigenvalue weighted by molar-refractivity contribution is 7.92. The maximum Gasteiger partial charge on any atom is 0.229 e. The van der Waals surface area contributed by atoms with Gasteiger partial charge in [-0.3, -0.25) is 4.72 Å². The fourth-order valence-electron chi connectivity index (χ4n) is 3.30. The van der Waals surface area contributed by atoms with Crippen LogP contribution >= 0.6 is 0 Å². The summed E-state index contributed by atoms with van der Waals surface area (Å²) in [5, 5.41) is 15.4. The SMILES string of the molecule is CCCc1nnc2c3ccccc3c(-c3ccc(C)c(NS(C)(=O)=O)c3)nn12.